The Labute approximate surface area is 145 Å². The molecule has 1 amide bonds. The smallest absolute Gasteiger partial charge is 0.407 e. The quantitative estimate of drug-likeness (QED) is 0.750. The van der Waals surface area contributed by atoms with Crippen LogP contribution in [0.15, 0.2) is 71.7 Å². The molecular weight excluding hydrogens is 316 g/mol. The lowest BCUT2D eigenvalue weighted by Gasteiger charge is -2.05. The highest BCUT2D eigenvalue weighted by molar-refractivity contribution is 5.80. The second-order valence-corrected chi connectivity index (χ2v) is 5.49. The van der Waals surface area contributed by atoms with Gasteiger partial charge in [0.15, 0.2) is 5.43 Å². The first-order valence-electron chi connectivity index (χ1n) is 7.95. The molecular formula is C20H18N2O3. The molecule has 3 aromatic rings. The van der Waals surface area contributed by atoms with Crippen LogP contribution in [0, 0.1) is 0 Å². The maximum atomic E-state index is 11.7. The fourth-order valence-corrected chi connectivity index (χ4v) is 2.41. The minimum Gasteiger partial charge on any atom is -0.445 e. The Kier molecular flexibility index (Phi) is 5.26. The Morgan fingerprint density at radius 3 is 2.80 bits per heavy atom. The lowest BCUT2D eigenvalue weighted by molar-refractivity contribution is 0.141. The summed E-state index contributed by atoms with van der Waals surface area (Å²) >= 11 is 0. The van der Waals surface area contributed by atoms with Gasteiger partial charge in [0.25, 0.3) is 0 Å². The fourth-order valence-electron chi connectivity index (χ4n) is 2.41. The van der Waals surface area contributed by atoms with E-state index in [4.69, 9.17) is 4.74 Å². The van der Waals surface area contributed by atoms with Gasteiger partial charge in [0, 0.05) is 29.7 Å². The first-order valence-corrected chi connectivity index (χ1v) is 7.95. The van der Waals surface area contributed by atoms with Crippen LogP contribution in [0.25, 0.3) is 17.0 Å². The molecule has 2 N–H and O–H groups in total. The van der Waals surface area contributed by atoms with Gasteiger partial charge in [-0.05, 0) is 23.3 Å². The molecule has 0 unspecified atom stereocenters. The lowest BCUT2D eigenvalue weighted by atomic mass is 10.1. The topological polar surface area (TPSA) is 71.2 Å². The summed E-state index contributed by atoms with van der Waals surface area (Å²) in [6.45, 7) is 0.603. The molecule has 0 saturated heterocycles. The molecule has 5 nitrogen and oxygen atoms in total. The van der Waals surface area contributed by atoms with Crippen molar-refractivity contribution in [1.82, 2.24) is 10.3 Å². The van der Waals surface area contributed by atoms with Crippen molar-refractivity contribution in [2.45, 2.75) is 6.61 Å². The number of amides is 1. The van der Waals surface area contributed by atoms with E-state index in [2.05, 4.69) is 10.3 Å². The van der Waals surface area contributed by atoms with Gasteiger partial charge in [-0.2, -0.15) is 0 Å². The zero-order chi connectivity index (χ0) is 17.5. The van der Waals surface area contributed by atoms with Crippen molar-refractivity contribution in [3.63, 3.8) is 0 Å². The number of ether oxygens (including phenoxy) is 1. The van der Waals surface area contributed by atoms with Crippen LogP contribution >= 0.6 is 0 Å². The number of hydrogen-bond acceptors (Lipinski definition) is 3. The van der Waals surface area contributed by atoms with Crippen LogP contribution in [-0.4, -0.2) is 17.6 Å². The zero-order valence-corrected chi connectivity index (χ0v) is 13.6. The number of rotatable bonds is 5. The predicted octanol–water partition coefficient (Wildman–Crippen LogP) is 3.47. The van der Waals surface area contributed by atoms with Crippen LogP contribution in [0.3, 0.4) is 0 Å². The van der Waals surface area contributed by atoms with Crippen LogP contribution in [-0.2, 0) is 11.3 Å². The lowest BCUT2D eigenvalue weighted by Crippen LogP contribution is -2.24. The van der Waals surface area contributed by atoms with Crippen molar-refractivity contribution in [3.05, 3.63) is 88.2 Å². The molecule has 25 heavy (non-hydrogen) atoms. The Bertz CT molecular complexity index is 946. The van der Waals surface area contributed by atoms with Gasteiger partial charge in [0.2, 0.25) is 0 Å². The summed E-state index contributed by atoms with van der Waals surface area (Å²) < 4.78 is 5.13. The summed E-state index contributed by atoms with van der Waals surface area (Å²) in [4.78, 5) is 26.4. The molecule has 0 aliphatic heterocycles. The van der Waals surface area contributed by atoms with Crippen LogP contribution in [0.4, 0.5) is 4.79 Å². The van der Waals surface area contributed by atoms with E-state index in [0.29, 0.717) is 11.9 Å². The van der Waals surface area contributed by atoms with Crippen molar-refractivity contribution >= 4 is 23.1 Å². The standard InChI is InChI=1S/C20H18N2O3/c23-19-10-12-21-18-13-15(8-9-17(18)19)7-4-11-22-20(24)25-14-16-5-2-1-3-6-16/h1-10,12-13H,11,14H2,(H,21,23)(H,22,24). The maximum absolute atomic E-state index is 11.7. The van der Waals surface area contributed by atoms with Crippen LogP contribution < -0.4 is 10.7 Å². The van der Waals surface area contributed by atoms with Gasteiger partial charge in [-0.3, -0.25) is 4.79 Å². The number of fused-ring (bicyclic) bond motifs is 1. The van der Waals surface area contributed by atoms with E-state index in [0.717, 1.165) is 16.6 Å². The summed E-state index contributed by atoms with van der Waals surface area (Å²) in [6.07, 6.45) is 4.87. The second-order valence-electron chi connectivity index (χ2n) is 5.49. The van der Waals surface area contributed by atoms with E-state index in [9.17, 15) is 9.59 Å². The molecule has 0 aliphatic rings. The number of carbonyl (C=O) groups excluding carboxylic acids is 1. The highest BCUT2D eigenvalue weighted by Crippen LogP contribution is 2.11. The molecule has 3 rings (SSSR count). The minimum atomic E-state index is -0.462. The van der Waals surface area contributed by atoms with E-state index in [1.807, 2.05) is 54.6 Å². The van der Waals surface area contributed by atoms with Gasteiger partial charge >= 0.3 is 6.09 Å². The number of H-pyrrole nitrogens is 1. The molecule has 2 aromatic carbocycles. The van der Waals surface area contributed by atoms with Gasteiger partial charge in [0.05, 0.1) is 0 Å². The third kappa shape index (κ3) is 4.57. The normalized spacial score (nSPS) is 10.9. The molecule has 0 bridgehead atoms. The molecule has 1 aromatic heterocycles. The molecule has 0 atom stereocenters. The van der Waals surface area contributed by atoms with E-state index in [1.54, 1.807) is 12.3 Å². The minimum absolute atomic E-state index is 0.00731. The molecule has 0 spiro atoms. The van der Waals surface area contributed by atoms with E-state index >= 15 is 0 Å². The second kappa shape index (κ2) is 7.97. The molecule has 1 heterocycles. The number of nitrogens with one attached hydrogen (secondary N) is 2. The predicted molar refractivity (Wildman–Crippen MR) is 98.2 cm³/mol. The SMILES string of the molecule is O=C(NCC=Cc1ccc2c(=O)cc[nH]c2c1)OCc1ccccc1. The third-order valence-corrected chi connectivity index (χ3v) is 3.67. The Morgan fingerprint density at radius 2 is 1.96 bits per heavy atom. The molecule has 0 saturated carbocycles. The van der Waals surface area contributed by atoms with Crippen LogP contribution in [0.5, 0.6) is 0 Å². The molecule has 0 fully saturated rings. The Hall–Kier alpha value is -3.34. The third-order valence-electron chi connectivity index (χ3n) is 3.67. The number of benzene rings is 2. The first kappa shape index (κ1) is 16.5. The summed E-state index contributed by atoms with van der Waals surface area (Å²) in [7, 11) is 0. The Balaban J connectivity index is 1.50. The van der Waals surface area contributed by atoms with Crippen LogP contribution in [0.1, 0.15) is 11.1 Å². The molecule has 126 valence electrons. The fraction of sp³-hybridized carbons (Fsp3) is 0.100. The van der Waals surface area contributed by atoms with Gasteiger partial charge in [0.1, 0.15) is 6.61 Å². The summed E-state index contributed by atoms with van der Waals surface area (Å²) in [6, 6.07) is 16.6. The van der Waals surface area contributed by atoms with Crippen molar-refractivity contribution in [3.8, 4) is 0 Å². The van der Waals surface area contributed by atoms with Gasteiger partial charge < -0.3 is 15.0 Å². The molecule has 0 radical (unpaired) electrons. The average Bonchev–Trinajstić information content (AvgIpc) is 2.64. The Morgan fingerprint density at radius 1 is 1.12 bits per heavy atom. The van der Waals surface area contributed by atoms with Crippen LogP contribution in [0.2, 0.25) is 0 Å². The number of pyridine rings is 1. The van der Waals surface area contributed by atoms with E-state index in [-0.39, 0.29) is 12.0 Å². The first-order chi connectivity index (χ1) is 12.2. The van der Waals surface area contributed by atoms with Gasteiger partial charge in [-0.1, -0.05) is 48.6 Å². The van der Waals surface area contributed by atoms with Gasteiger partial charge in [-0.15, -0.1) is 0 Å². The highest BCUT2D eigenvalue weighted by atomic mass is 16.5. The van der Waals surface area contributed by atoms with Crippen molar-refractivity contribution in [2.75, 3.05) is 6.54 Å². The maximum Gasteiger partial charge on any atom is 0.407 e. The van der Waals surface area contributed by atoms with E-state index < -0.39 is 6.09 Å². The van der Waals surface area contributed by atoms with Crippen molar-refractivity contribution in [2.24, 2.45) is 0 Å². The van der Waals surface area contributed by atoms with Crippen molar-refractivity contribution < 1.29 is 9.53 Å². The summed E-state index contributed by atoms with van der Waals surface area (Å²) in [5, 5.41) is 3.32. The zero-order valence-electron chi connectivity index (χ0n) is 13.6. The number of aromatic amines is 1. The number of aromatic nitrogens is 1. The average molecular weight is 334 g/mol. The number of hydrogen-bond donors (Lipinski definition) is 2. The monoisotopic (exact) mass is 334 g/mol. The summed E-state index contributed by atoms with van der Waals surface area (Å²) in [5.74, 6) is 0. The van der Waals surface area contributed by atoms with E-state index in [1.165, 1.54) is 6.07 Å². The number of alkyl carbamates (subject to hydrolysis) is 1. The highest BCUT2D eigenvalue weighted by Gasteiger charge is 2.01. The van der Waals surface area contributed by atoms with Gasteiger partial charge in [-0.25, -0.2) is 4.79 Å². The largest absolute Gasteiger partial charge is 0.445 e. The summed E-state index contributed by atoms with van der Waals surface area (Å²) in [5.41, 5.74) is 2.66. The molecule has 5 heteroatoms. The number of carbonyl (C=O) groups is 1. The molecule has 0 aliphatic carbocycles. The van der Waals surface area contributed by atoms with Crippen molar-refractivity contribution in [1.29, 1.82) is 0 Å².